The van der Waals surface area contributed by atoms with Crippen molar-refractivity contribution in [2.45, 2.75) is 44.1 Å². The minimum absolute atomic E-state index is 1.18. The summed E-state index contributed by atoms with van der Waals surface area (Å²) in [5.74, 6) is 3.58. The van der Waals surface area contributed by atoms with Crippen LogP contribution < -0.4 is 0 Å². The first kappa shape index (κ1) is 5.68. The highest BCUT2D eigenvalue weighted by Gasteiger charge is 2.48. The minimum Gasteiger partial charge on any atom is -0.0717 e. The second-order valence-electron chi connectivity index (χ2n) is 4.69. The van der Waals surface area contributed by atoms with Gasteiger partial charge in [0.25, 0.3) is 0 Å². The van der Waals surface area contributed by atoms with Crippen molar-refractivity contribution in [1.29, 1.82) is 0 Å². The first-order valence-electron chi connectivity index (χ1n) is 4.93. The van der Waals surface area contributed by atoms with Gasteiger partial charge in [0.15, 0.2) is 0 Å². The standard InChI is InChI=1S/C9H15B/c1-2-8-4-7-5-10(6-7)9(8)3-1/h7-9H,1-6H2. The van der Waals surface area contributed by atoms with Gasteiger partial charge in [-0.25, -0.2) is 0 Å². The Balaban J connectivity index is 1.84. The lowest BCUT2D eigenvalue weighted by molar-refractivity contribution is 0.343. The Hall–Kier alpha value is 0.0649. The van der Waals surface area contributed by atoms with E-state index < -0.39 is 0 Å². The summed E-state index contributed by atoms with van der Waals surface area (Å²) < 4.78 is 0. The van der Waals surface area contributed by atoms with E-state index in [1.807, 2.05) is 0 Å². The van der Waals surface area contributed by atoms with Gasteiger partial charge in [0.05, 0.1) is 0 Å². The van der Waals surface area contributed by atoms with Crippen LogP contribution in [0.3, 0.4) is 0 Å². The van der Waals surface area contributed by atoms with E-state index in [-0.39, 0.29) is 0 Å². The highest BCUT2D eigenvalue weighted by Crippen LogP contribution is 2.56. The van der Waals surface area contributed by atoms with Crippen LogP contribution in [0.5, 0.6) is 0 Å². The fourth-order valence-electron chi connectivity index (χ4n) is 3.74. The second kappa shape index (κ2) is 1.81. The summed E-state index contributed by atoms with van der Waals surface area (Å²) in [5, 5.41) is 0. The van der Waals surface area contributed by atoms with Crippen LogP contribution in [0.25, 0.3) is 0 Å². The Morgan fingerprint density at radius 2 is 2.00 bits per heavy atom. The normalized spacial score (nSPS) is 50.4. The van der Waals surface area contributed by atoms with Gasteiger partial charge >= 0.3 is 0 Å². The van der Waals surface area contributed by atoms with Crippen molar-refractivity contribution in [2.75, 3.05) is 0 Å². The maximum atomic E-state index is 1.61. The largest absolute Gasteiger partial charge is 0.143 e. The van der Waals surface area contributed by atoms with E-state index in [0.717, 1.165) is 0 Å². The molecule has 0 nitrogen and oxygen atoms in total. The van der Waals surface area contributed by atoms with Crippen LogP contribution >= 0.6 is 0 Å². The molecule has 4 fully saturated rings. The Kier molecular flexibility index (Phi) is 1.03. The van der Waals surface area contributed by atoms with Crippen molar-refractivity contribution in [3.8, 4) is 0 Å². The van der Waals surface area contributed by atoms with Crippen molar-refractivity contribution >= 4 is 6.71 Å². The van der Waals surface area contributed by atoms with E-state index in [0.29, 0.717) is 0 Å². The predicted octanol–water partition coefficient (Wildman–Crippen LogP) is 2.69. The predicted molar refractivity (Wildman–Crippen MR) is 44.6 cm³/mol. The van der Waals surface area contributed by atoms with Crippen molar-refractivity contribution in [3.05, 3.63) is 0 Å². The highest BCUT2D eigenvalue weighted by molar-refractivity contribution is 6.64. The molecule has 1 heteroatoms. The van der Waals surface area contributed by atoms with Crippen molar-refractivity contribution < 1.29 is 0 Å². The Bertz CT molecular complexity index is 149. The molecule has 0 radical (unpaired) electrons. The highest BCUT2D eigenvalue weighted by atomic mass is 14.4. The van der Waals surface area contributed by atoms with E-state index in [9.17, 15) is 0 Å². The molecule has 0 N–H and O–H groups in total. The lowest BCUT2D eigenvalue weighted by Crippen LogP contribution is -2.43. The van der Waals surface area contributed by atoms with Crippen molar-refractivity contribution in [2.24, 2.45) is 11.8 Å². The summed E-state index contributed by atoms with van der Waals surface area (Å²) in [6.45, 7) is 1.20. The zero-order valence-electron chi connectivity index (χ0n) is 6.55. The van der Waals surface area contributed by atoms with Gasteiger partial charge in [0, 0.05) is 0 Å². The molecule has 1 aliphatic carbocycles. The Labute approximate surface area is 63.5 Å². The summed E-state index contributed by atoms with van der Waals surface area (Å²) in [5.41, 5.74) is 0. The van der Waals surface area contributed by atoms with Crippen molar-refractivity contribution in [3.63, 3.8) is 0 Å². The monoisotopic (exact) mass is 134 g/mol. The molecule has 10 heavy (non-hydrogen) atoms. The SMILES string of the molecule is C1CC2CC3CB(C3)C2C1. The third-order valence-electron chi connectivity index (χ3n) is 4.23. The van der Waals surface area contributed by atoms with Crippen LogP contribution in [0.4, 0.5) is 0 Å². The summed E-state index contributed by atoms with van der Waals surface area (Å²) in [6, 6.07) is 0. The van der Waals surface area contributed by atoms with Gasteiger partial charge < -0.3 is 0 Å². The molecule has 1 saturated carbocycles. The van der Waals surface area contributed by atoms with Gasteiger partial charge in [-0.1, -0.05) is 43.6 Å². The van der Waals surface area contributed by atoms with Crippen LogP contribution in [0.1, 0.15) is 25.7 Å². The summed E-state index contributed by atoms with van der Waals surface area (Å²) >= 11 is 0. The van der Waals surface area contributed by atoms with E-state index in [1.54, 1.807) is 38.3 Å². The van der Waals surface area contributed by atoms with Crippen molar-refractivity contribution in [1.82, 2.24) is 0 Å². The quantitative estimate of drug-likeness (QED) is 0.447. The molecule has 0 spiro atoms. The van der Waals surface area contributed by atoms with E-state index in [4.69, 9.17) is 0 Å². The number of hydrogen-bond donors (Lipinski definition) is 0. The Morgan fingerprint density at radius 1 is 1.10 bits per heavy atom. The minimum atomic E-state index is 1.18. The lowest BCUT2D eigenvalue weighted by atomic mass is 9.21. The Morgan fingerprint density at radius 3 is 2.80 bits per heavy atom. The molecule has 2 bridgehead atoms. The molecule has 2 unspecified atom stereocenters. The average Bonchev–Trinajstić information content (AvgIpc) is 2.29. The number of rotatable bonds is 0. The fraction of sp³-hybridized carbons (Fsp3) is 1.00. The molecule has 3 heterocycles. The lowest BCUT2D eigenvalue weighted by Gasteiger charge is -2.47. The van der Waals surface area contributed by atoms with Crippen LogP contribution in [-0.4, -0.2) is 6.71 Å². The molecule has 4 rings (SSSR count). The van der Waals surface area contributed by atoms with E-state index >= 15 is 0 Å². The molecule has 54 valence electrons. The molecular formula is C9H15B. The van der Waals surface area contributed by atoms with Gasteiger partial charge in [-0.2, -0.15) is 0 Å². The topological polar surface area (TPSA) is 0 Å². The molecule has 0 aromatic rings. The smallest absolute Gasteiger partial charge is 0.0717 e. The summed E-state index contributed by atoms with van der Waals surface area (Å²) in [7, 11) is 0. The second-order valence-corrected chi connectivity index (χ2v) is 4.69. The molecule has 3 saturated heterocycles. The zero-order chi connectivity index (χ0) is 6.55. The number of hydrogen-bond acceptors (Lipinski definition) is 0. The van der Waals surface area contributed by atoms with Gasteiger partial charge in [0.1, 0.15) is 6.71 Å². The van der Waals surface area contributed by atoms with Crippen LogP contribution in [0.2, 0.25) is 18.5 Å². The van der Waals surface area contributed by atoms with Gasteiger partial charge in [0.2, 0.25) is 0 Å². The molecule has 0 amide bonds. The first-order valence-corrected chi connectivity index (χ1v) is 4.93. The van der Waals surface area contributed by atoms with Gasteiger partial charge in [-0.05, 0) is 12.3 Å². The molecule has 0 aromatic carbocycles. The summed E-state index contributed by atoms with van der Waals surface area (Å²) in [4.78, 5) is 0. The maximum Gasteiger partial charge on any atom is 0.143 e. The zero-order valence-corrected chi connectivity index (χ0v) is 6.55. The van der Waals surface area contributed by atoms with Crippen LogP contribution in [0.15, 0.2) is 0 Å². The molecule has 2 atom stereocenters. The molecule has 3 aliphatic heterocycles. The third kappa shape index (κ3) is 0.593. The molecule has 0 aromatic heterocycles. The third-order valence-corrected chi connectivity index (χ3v) is 4.23. The molecular weight excluding hydrogens is 119 g/mol. The maximum absolute atomic E-state index is 1.61. The average molecular weight is 134 g/mol. The van der Waals surface area contributed by atoms with Gasteiger partial charge in [-0.3, -0.25) is 0 Å². The van der Waals surface area contributed by atoms with Crippen LogP contribution in [0, 0.1) is 11.8 Å². The van der Waals surface area contributed by atoms with Gasteiger partial charge in [-0.15, -0.1) is 0 Å². The molecule has 4 aliphatic rings. The first-order chi connectivity index (χ1) is 4.93. The summed E-state index contributed by atoms with van der Waals surface area (Å²) in [6.07, 6.45) is 9.56. The van der Waals surface area contributed by atoms with E-state index in [1.165, 1.54) is 24.4 Å². The fourth-order valence-corrected chi connectivity index (χ4v) is 3.74. The van der Waals surface area contributed by atoms with Crippen LogP contribution in [-0.2, 0) is 0 Å². The van der Waals surface area contributed by atoms with E-state index in [2.05, 4.69) is 0 Å².